The fourth-order valence-corrected chi connectivity index (χ4v) is 2.94. The predicted molar refractivity (Wildman–Crippen MR) is 88.0 cm³/mol. The molecule has 122 valence electrons. The van der Waals surface area contributed by atoms with Crippen molar-refractivity contribution < 1.29 is 13.2 Å². The number of hydrazine groups is 1. The standard InChI is InChI=1S/C14H14BrN3O4S/c1-10-8-11(5-6-12(10)15)23(21,22)17-16-13(19)9-18-7-3-2-4-14(18)20/h2-8,17H,9H2,1H3,(H,16,19). The number of amides is 1. The largest absolute Gasteiger partial charge is 0.306 e. The van der Waals surface area contributed by atoms with Crippen LogP contribution in [0.3, 0.4) is 0 Å². The highest BCUT2D eigenvalue weighted by Gasteiger charge is 2.16. The summed E-state index contributed by atoms with van der Waals surface area (Å²) in [4.78, 5) is 25.3. The van der Waals surface area contributed by atoms with Crippen molar-refractivity contribution in [1.29, 1.82) is 0 Å². The first kappa shape index (κ1) is 17.4. The van der Waals surface area contributed by atoms with Crippen LogP contribution in [0.1, 0.15) is 5.56 Å². The molecular formula is C14H14BrN3O4S. The number of halogens is 1. The topological polar surface area (TPSA) is 97.3 Å². The van der Waals surface area contributed by atoms with E-state index in [0.29, 0.717) is 0 Å². The van der Waals surface area contributed by atoms with Crippen LogP contribution in [0.4, 0.5) is 0 Å². The molecule has 1 amide bonds. The Morgan fingerprint density at radius 2 is 2.00 bits per heavy atom. The van der Waals surface area contributed by atoms with Gasteiger partial charge in [0, 0.05) is 16.7 Å². The number of hydrogen-bond acceptors (Lipinski definition) is 4. The minimum Gasteiger partial charge on any atom is -0.306 e. The van der Waals surface area contributed by atoms with Crippen molar-refractivity contribution in [2.75, 3.05) is 0 Å². The first-order valence-electron chi connectivity index (χ1n) is 6.52. The van der Waals surface area contributed by atoms with Crippen LogP contribution >= 0.6 is 15.9 Å². The Morgan fingerprint density at radius 3 is 2.65 bits per heavy atom. The summed E-state index contributed by atoms with van der Waals surface area (Å²) in [6, 6.07) is 8.95. The Labute approximate surface area is 141 Å². The Bertz CT molecular complexity index is 893. The number of nitrogens with zero attached hydrogens (tertiary/aromatic N) is 1. The van der Waals surface area contributed by atoms with Gasteiger partial charge in [-0.3, -0.25) is 15.0 Å². The lowest BCUT2D eigenvalue weighted by Gasteiger charge is -2.10. The molecular weight excluding hydrogens is 386 g/mol. The normalized spacial score (nSPS) is 11.2. The highest BCUT2D eigenvalue weighted by atomic mass is 79.9. The van der Waals surface area contributed by atoms with Gasteiger partial charge < -0.3 is 4.57 Å². The van der Waals surface area contributed by atoms with Gasteiger partial charge in [0.2, 0.25) is 0 Å². The van der Waals surface area contributed by atoms with Gasteiger partial charge in [-0.05, 0) is 36.8 Å². The van der Waals surface area contributed by atoms with Gasteiger partial charge in [-0.1, -0.05) is 22.0 Å². The minimum absolute atomic E-state index is 0.0235. The van der Waals surface area contributed by atoms with Crippen LogP contribution in [0.5, 0.6) is 0 Å². The molecule has 0 saturated carbocycles. The summed E-state index contributed by atoms with van der Waals surface area (Å²) in [5.41, 5.74) is 2.48. The van der Waals surface area contributed by atoms with E-state index in [1.165, 1.54) is 24.4 Å². The Balaban J connectivity index is 2.04. The van der Waals surface area contributed by atoms with Gasteiger partial charge in [0.15, 0.2) is 0 Å². The number of sulfonamides is 1. The molecule has 2 aromatic rings. The SMILES string of the molecule is Cc1cc(S(=O)(=O)NNC(=O)Cn2ccccc2=O)ccc1Br. The third-order valence-electron chi connectivity index (χ3n) is 2.98. The molecule has 7 nitrogen and oxygen atoms in total. The van der Waals surface area contributed by atoms with Gasteiger partial charge in [0.05, 0.1) is 4.90 Å². The van der Waals surface area contributed by atoms with E-state index in [0.717, 1.165) is 14.6 Å². The molecule has 0 aliphatic rings. The number of aryl methyl sites for hydroxylation is 1. The summed E-state index contributed by atoms with van der Waals surface area (Å²) in [6.45, 7) is 1.46. The second kappa shape index (κ2) is 7.07. The zero-order valence-electron chi connectivity index (χ0n) is 12.1. The molecule has 0 spiro atoms. The smallest absolute Gasteiger partial charge is 0.257 e. The molecule has 2 rings (SSSR count). The number of hydrogen-bond donors (Lipinski definition) is 2. The van der Waals surface area contributed by atoms with Crippen molar-refractivity contribution in [3.05, 3.63) is 63.0 Å². The lowest BCUT2D eigenvalue weighted by atomic mass is 10.2. The van der Waals surface area contributed by atoms with Gasteiger partial charge in [0.25, 0.3) is 21.5 Å². The van der Waals surface area contributed by atoms with Crippen LogP contribution in [0.2, 0.25) is 0 Å². The fourth-order valence-electron chi connectivity index (χ4n) is 1.75. The van der Waals surface area contributed by atoms with E-state index in [1.807, 2.05) is 4.83 Å². The van der Waals surface area contributed by atoms with Crippen molar-refractivity contribution in [3.8, 4) is 0 Å². The van der Waals surface area contributed by atoms with E-state index >= 15 is 0 Å². The van der Waals surface area contributed by atoms with Crippen molar-refractivity contribution >= 4 is 31.9 Å². The molecule has 0 aliphatic carbocycles. The monoisotopic (exact) mass is 399 g/mol. The highest BCUT2D eigenvalue weighted by Crippen LogP contribution is 2.19. The molecule has 0 unspecified atom stereocenters. The highest BCUT2D eigenvalue weighted by molar-refractivity contribution is 9.10. The maximum Gasteiger partial charge on any atom is 0.257 e. The van der Waals surface area contributed by atoms with E-state index in [-0.39, 0.29) is 17.0 Å². The van der Waals surface area contributed by atoms with Crippen LogP contribution in [-0.4, -0.2) is 18.9 Å². The molecule has 0 atom stereocenters. The number of benzene rings is 1. The predicted octanol–water partition coefficient (Wildman–Crippen LogP) is 0.929. The average molecular weight is 400 g/mol. The van der Waals surface area contributed by atoms with Crippen molar-refractivity contribution in [2.45, 2.75) is 18.4 Å². The molecule has 9 heteroatoms. The fraction of sp³-hybridized carbons (Fsp3) is 0.143. The number of rotatable bonds is 5. The van der Waals surface area contributed by atoms with Crippen molar-refractivity contribution in [1.82, 2.24) is 14.8 Å². The molecule has 0 saturated heterocycles. The third kappa shape index (κ3) is 4.50. The number of carbonyl (C=O) groups is 1. The Kier molecular flexibility index (Phi) is 5.34. The number of pyridine rings is 1. The van der Waals surface area contributed by atoms with Crippen molar-refractivity contribution in [3.63, 3.8) is 0 Å². The average Bonchev–Trinajstić information content (AvgIpc) is 2.50. The quantitative estimate of drug-likeness (QED) is 0.730. The van der Waals surface area contributed by atoms with Crippen LogP contribution in [0.15, 0.2) is 56.8 Å². The molecule has 0 fully saturated rings. The molecule has 0 aliphatic heterocycles. The molecule has 1 aromatic carbocycles. The second-order valence-electron chi connectivity index (χ2n) is 4.73. The molecule has 1 aromatic heterocycles. The third-order valence-corrected chi connectivity index (χ3v) is 5.11. The lowest BCUT2D eigenvalue weighted by Crippen LogP contribution is -2.44. The van der Waals surface area contributed by atoms with Crippen LogP contribution in [0, 0.1) is 6.92 Å². The second-order valence-corrected chi connectivity index (χ2v) is 7.27. The van der Waals surface area contributed by atoms with Crippen LogP contribution in [-0.2, 0) is 21.4 Å². The summed E-state index contributed by atoms with van der Waals surface area (Å²) >= 11 is 3.28. The summed E-state index contributed by atoms with van der Waals surface area (Å²) in [5, 5.41) is 0. The minimum atomic E-state index is -3.89. The number of carbonyl (C=O) groups excluding carboxylic acids is 1. The number of nitrogens with one attached hydrogen (secondary N) is 2. The van der Waals surface area contributed by atoms with Gasteiger partial charge in [-0.15, -0.1) is 4.83 Å². The summed E-state index contributed by atoms with van der Waals surface area (Å²) in [6.07, 6.45) is 1.44. The van der Waals surface area contributed by atoms with E-state index < -0.39 is 15.9 Å². The summed E-state index contributed by atoms with van der Waals surface area (Å²) in [7, 11) is -3.89. The van der Waals surface area contributed by atoms with E-state index in [9.17, 15) is 18.0 Å². The van der Waals surface area contributed by atoms with Gasteiger partial charge in [-0.25, -0.2) is 8.42 Å². The van der Waals surface area contributed by atoms with Gasteiger partial charge >= 0.3 is 0 Å². The Morgan fingerprint density at radius 1 is 1.26 bits per heavy atom. The van der Waals surface area contributed by atoms with E-state index in [2.05, 4.69) is 21.4 Å². The maximum atomic E-state index is 12.1. The van der Waals surface area contributed by atoms with Crippen LogP contribution < -0.4 is 15.8 Å². The molecule has 0 radical (unpaired) electrons. The molecule has 23 heavy (non-hydrogen) atoms. The van der Waals surface area contributed by atoms with E-state index in [4.69, 9.17) is 0 Å². The van der Waals surface area contributed by atoms with Gasteiger partial charge in [0.1, 0.15) is 6.54 Å². The first-order chi connectivity index (χ1) is 10.8. The number of aromatic nitrogens is 1. The van der Waals surface area contributed by atoms with Gasteiger partial charge in [-0.2, -0.15) is 0 Å². The summed E-state index contributed by atoms with van der Waals surface area (Å²) in [5.74, 6) is -0.657. The lowest BCUT2D eigenvalue weighted by molar-refractivity contribution is -0.122. The van der Waals surface area contributed by atoms with Crippen molar-refractivity contribution in [2.24, 2.45) is 0 Å². The molecule has 2 N–H and O–H groups in total. The maximum absolute atomic E-state index is 12.1. The summed E-state index contributed by atoms with van der Waals surface area (Å²) < 4.78 is 26.2. The Hall–Kier alpha value is -1.97. The zero-order valence-corrected chi connectivity index (χ0v) is 14.5. The molecule has 1 heterocycles. The zero-order chi connectivity index (χ0) is 17.0. The van der Waals surface area contributed by atoms with E-state index in [1.54, 1.807) is 25.1 Å². The first-order valence-corrected chi connectivity index (χ1v) is 8.79. The van der Waals surface area contributed by atoms with Crippen LogP contribution in [0.25, 0.3) is 0 Å². The molecule has 0 bridgehead atoms.